The SMILES string of the molecule is O=C1NCCN1c1cccc(C(=O)N2CC3(CCCC3)c3c(F)cccc32)c1. The van der Waals surface area contributed by atoms with Crippen LogP contribution in [0.5, 0.6) is 0 Å². The fourth-order valence-corrected chi connectivity index (χ4v) is 5.05. The molecule has 2 aliphatic heterocycles. The Morgan fingerprint density at radius 1 is 1.11 bits per heavy atom. The lowest BCUT2D eigenvalue weighted by Crippen LogP contribution is -2.36. The summed E-state index contributed by atoms with van der Waals surface area (Å²) in [5, 5.41) is 2.77. The van der Waals surface area contributed by atoms with E-state index >= 15 is 0 Å². The Balaban J connectivity index is 1.52. The third-order valence-electron chi connectivity index (χ3n) is 6.34. The molecule has 3 amide bonds. The number of anilines is 2. The summed E-state index contributed by atoms with van der Waals surface area (Å²) in [6, 6.07) is 12.0. The van der Waals surface area contributed by atoms with Crippen molar-refractivity contribution in [3.05, 3.63) is 59.4 Å². The molecular formula is C22H22FN3O2. The summed E-state index contributed by atoms with van der Waals surface area (Å²) in [5.41, 5.74) is 2.35. The van der Waals surface area contributed by atoms with Crippen molar-refractivity contribution in [2.24, 2.45) is 0 Å². The number of fused-ring (bicyclic) bond motifs is 2. The second kappa shape index (κ2) is 6.33. The van der Waals surface area contributed by atoms with E-state index in [2.05, 4.69) is 5.32 Å². The number of hydrogen-bond acceptors (Lipinski definition) is 2. The summed E-state index contributed by atoms with van der Waals surface area (Å²) in [6.45, 7) is 1.70. The first-order chi connectivity index (χ1) is 13.6. The van der Waals surface area contributed by atoms with Gasteiger partial charge >= 0.3 is 6.03 Å². The van der Waals surface area contributed by atoms with Gasteiger partial charge in [-0.1, -0.05) is 25.0 Å². The maximum atomic E-state index is 14.7. The monoisotopic (exact) mass is 379 g/mol. The van der Waals surface area contributed by atoms with Crippen LogP contribution >= 0.6 is 0 Å². The highest BCUT2D eigenvalue weighted by atomic mass is 19.1. The molecule has 2 heterocycles. The zero-order chi connectivity index (χ0) is 19.3. The summed E-state index contributed by atoms with van der Waals surface area (Å²) in [7, 11) is 0. The van der Waals surface area contributed by atoms with Gasteiger partial charge in [-0.3, -0.25) is 9.69 Å². The van der Waals surface area contributed by atoms with E-state index in [9.17, 15) is 14.0 Å². The molecule has 5 nitrogen and oxygen atoms in total. The molecule has 1 N–H and O–H groups in total. The molecule has 6 heteroatoms. The van der Waals surface area contributed by atoms with Gasteiger partial charge in [-0.25, -0.2) is 9.18 Å². The molecule has 5 rings (SSSR count). The molecule has 1 aliphatic carbocycles. The molecule has 144 valence electrons. The Hall–Kier alpha value is -2.89. The third kappa shape index (κ3) is 2.51. The van der Waals surface area contributed by atoms with Crippen LogP contribution < -0.4 is 15.1 Å². The Bertz CT molecular complexity index is 968. The number of carbonyl (C=O) groups excluding carboxylic acids is 2. The van der Waals surface area contributed by atoms with Crippen molar-refractivity contribution in [1.29, 1.82) is 0 Å². The lowest BCUT2D eigenvalue weighted by Gasteiger charge is -2.25. The molecule has 2 aromatic rings. The number of benzene rings is 2. The summed E-state index contributed by atoms with van der Waals surface area (Å²) in [4.78, 5) is 28.7. The number of nitrogens with one attached hydrogen (secondary N) is 1. The van der Waals surface area contributed by atoms with E-state index in [1.165, 1.54) is 6.07 Å². The minimum absolute atomic E-state index is 0.142. The molecule has 0 radical (unpaired) electrons. The molecular weight excluding hydrogens is 357 g/mol. The van der Waals surface area contributed by atoms with Gasteiger partial charge in [0.05, 0.1) is 5.69 Å². The quantitative estimate of drug-likeness (QED) is 0.862. The van der Waals surface area contributed by atoms with E-state index in [-0.39, 0.29) is 23.2 Å². The average molecular weight is 379 g/mol. The number of rotatable bonds is 2. The summed E-state index contributed by atoms with van der Waals surface area (Å²) in [6.07, 6.45) is 3.96. The second-order valence-corrected chi connectivity index (χ2v) is 7.95. The van der Waals surface area contributed by atoms with Crippen LogP contribution in [0, 0.1) is 5.82 Å². The lowest BCUT2D eigenvalue weighted by atomic mass is 9.80. The predicted octanol–water partition coefficient (Wildman–Crippen LogP) is 3.83. The Morgan fingerprint density at radius 3 is 2.64 bits per heavy atom. The van der Waals surface area contributed by atoms with E-state index < -0.39 is 0 Å². The third-order valence-corrected chi connectivity index (χ3v) is 6.34. The van der Waals surface area contributed by atoms with Gasteiger partial charge in [-0.15, -0.1) is 0 Å². The molecule has 1 spiro atoms. The highest BCUT2D eigenvalue weighted by Gasteiger charge is 2.48. The van der Waals surface area contributed by atoms with Gasteiger partial charge < -0.3 is 10.2 Å². The largest absolute Gasteiger partial charge is 0.336 e. The maximum Gasteiger partial charge on any atom is 0.321 e. The first-order valence-corrected chi connectivity index (χ1v) is 9.85. The van der Waals surface area contributed by atoms with Crippen molar-refractivity contribution in [1.82, 2.24) is 5.32 Å². The van der Waals surface area contributed by atoms with Crippen molar-refractivity contribution >= 4 is 23.3 Å². The number of amides is 3. The first-order valence-electron chi connectivity index (χ1n) is 9.85. The molecule has 28 heavy (non-hydrogen) atoms. The van der Waals surface area contributed by atoms with E-state index in [0.29, 0.717) is 42.1 Å². The van der Waals surface area contributed by atoms with Gasteiger partial charge in [0.15, 0.2) is 0 Å². The Labute approximate surface area is 163 Å². The van der Waals surface area contributed by atoms with Crippen molar-refractivity contribution in [3.63, 3.8) is 0 Å². The van der Waals surface area contributed by atoms with Gasteiger partial charge in [0, 0.05) is 41.9 Å². The molecule has 0 atom stereocenters. The normalized spacial score (nSPS) is 20.0. The number of carbonyl (C=O) groups is 2. The maximum absolute atomic E-state index is 14.7. The van der Waals surface area contributed by atoms with Crippen LogP contribution in [-0.4, -0.2) is 31.6 Å². The molecule has 2 fully saturated rings. The molecule has 0 aromatic heterocycles. The van der Waals surface area contributed by atoms with Gasteiger partial charge in [0.1, 0.15) is 5.82 Å². The number of hydrogen-bond donors (Lipinski definition) is 1. The van der Waals surface area contributed by atoms with Gasteiger partial charge in [-0.2, -0.15) is 0 Å². The number of nitrogens with zero attached hydrogens (tertiary/aromatic N) is 2. The zero-order valence-corrected chi connectivity index (χ0v) is 15.6. The van der Waals surface area contributed by atoms with E-state index in [1.54, 1.807) is 34.1 Å². The minimum atomic E-state index is -0.261. The molecule has 0 bridgehead atoms. The molecule has 1 saturated heterocycles. The summed E-state index contributed by atoms with van der Waals surface area (Å²) < 4.78 is 14.7. The summed E-state index contributed by atoms with van der Waals surface area (Å²) in [5.74, 6) is -0.353. The van der Waals surface area contributed by atoms with Crippen LogP contribution in [0.4, 0.5) is 20.6 Å². The van der Waals surface area contributed by atoms with Crippen LogP contribution in [0.3, 0.4) is 0 Å². The van der Waals surface area contributed by atoms with Crippen LogP contribution in [-0.2, 0) is 5.41 Å². The zero-order valence-electron chi connectivity index (χ0n) is 15.6. The van der Waals surface area contributed by atoms with Crippen molar-refractivity contribution < 1.29 is 14.0 Å². The molecule has 2 aromatic carbocycles. The van der Waals surface area contributed by atoms with E-state index in [0.717, 1.165) is 25.7 Å². The molecule has 0 unspecified atom stereocenters. The van der Waals surface area contributed by atoms with Gasteiger partial charge in [0.25, 0.3) is 5.91 Å². The Kier molecular flexibility index (Phi) is 3.89. The van der Waals surface area contributed by atoms with Crippen molar-refractivity contribution in [2.75, 3.05) is 29.4 Å². The van der Waals surface area contributed by atoms with Crippen molar-refractivity contribution in [2.45, 2.75) is 31.1 Å². The fraction of sp³-hybridized carbons (Fsp3) is 0.364. The van der Waals surface area contributed by atoms with Gasteiger partial charge in [-0.05, 0) is 43.2 Å². The lowest BCUT2D eigenvalue weighted by molar-refractivity contribution is 0.0985. The van der Waals surface area contributed by atoms with Crippen molar-refractivity contribution in [3.8, 4) is 0 Å². The topological polar surface area (TPSA) is 52.7 Å². The molecule has 3 aliphatic rings. The second-order valence-electron chi connectivity index (χ2n) is 7.95. The minimum Gasteiger partial charge on any atom is -0.336 e. The van der Waals surface area contributed by atoms with E-state index in [4.69, 9.17) is 0 Å². The fourth-order valence-electron chi connectivity index (χ4n) is 5.05. The number of urea groups is 1. The smallest absolute Gasteiger partial charge is 0.321 e. The number of halogens is 1. The van der Waals surface area contributed by atoms with Crippen LogP contribution in [0.1, 0.15) is 41.6 Å². The van der Waals surface area contributed by atoms with Gasteiger partial charge in [0.2, 0.25) is 0 Å². The van der Waals surface area contributed by atoms with Crippen LogP contribution in [0.2, 0.25) is 0 Å². The average Bonchev–Trinajstić information content (AvgIpc) is 3.42. The summed E-state index contributed by atoms with van der Waals surface area (Å²) >= 11 is 0. The standard InChI is InChI=1S/C22H22FN3O2/c23-17-7-4-8-18-19(17)22(9-1-2-10-22)14-26(18)20(27)15-5-3-6-16(13-15)25-12-11-24-21(25)28/h3-8,13H,1-2,9-12,14H2,(H,24,28). The predicted molar refractivity (Wildman–Crippen MR) is 105 cm³/mol. The highest BCUT2D eigenvalue weighted by Crippen LogP contribution is 2.51. The Morgan fingerprint density at radius 2 is 1.89 bits per heavy atom. The highest BCUT2D eigenvalue weighted by molar-refractivity contribution is 6.08. The molecule has 1 saturated carbocycles. The first kappa shape index (κ1) is 17.2. The van der Waals surface area contributed by atoms with Crippen LogP contribution in [0.15, 0.2) is 42.5 Å². The van der Waals surface area contributed by atoms with E-state index in [1.807, 2.05) is 12.1 Å². The van der Waals surface area contributed by atoms with Crippen LogP contribution in [0.25, 0.3) is 0 Å².